The van der Waals surface area contributed by atoms with Gasteiger partial charge in [0.25, 0.3) is 0 Å². The maximum absolute atomic E-state index is 10.4. The standard InChI is InChI=1S/C19H18N2O.C3H6/c1-21-18-11-5-9-16(19(18)22)14-7-4-6-13(12-14)15-8-2-3-10-17(15)20;1-3-2/h2-12,21-22H,20H2,1H3;3H,1H2,2H3. The van der Waals surface area contributed by atoms with Crippen LogP contribution in [0.5, 0.6) is 5.75 Å². The quantitative estimate of drug-likeness (QED) is 0.335. The van der Waals surface area contributed by atoms with Gasteiger partial charge in [-0.2, -0.15) is 0 Å². The molecule has 0 fully saturated rings. The molecule has 0 unspecified atom stereocenters. The number of hydrogen-bond donors (Lipinski definition) is 3. The Morgan fingerprint density at radius 1 is 0.920 bits per heavy atom. The third kappa shape index (κ3) is 4.21. The van der Waals surface area contributed by atoms with E-state index in [9.17, 15) is 5.11 Å². The Bertz CT molecular complexity index is 856. The molecule has 0 atom stereocenters. The van der Waals surface area contributed by atoms with Crippen LogP contribution in [0.1, 0.15) is 6.92 Å². The van der Waals surface area contributed by atoms with E-state index in [2.05, 4.69) is 11.9 Å². The Morgan fingerprint density at radius 3 is 2.12 bits per heavy atom. The van der Waals surface area contributed by atoms with Crippen molar-refractivity contribution in [1.82, 2.24) is 0 Å². The first-order valence-corrected chi connectivity index (χ1v) is 8.14. The lowest BCUT2D eigenvalue weighted by molar-refractivity contribution is 0.479. The summed E-state index contributed by atoms with van der Waals surface area (Å²) in [6.45, 7) is 5.25. The van der Waals surface area contributed by atoms with Gasteiger partial charge in [-0.1, -0.05) is 54.6 Å². The van der Waals surface area contributed by atoms with Crippen LogP contribution in [-0.4, -0.2) is 12.2 Å². The number of nitrogens with two attached hydrogens (primary N) is 1. The molecule has 3 nitrogen and oxygen atoms in total. The van der Waals surface area contributed by atoms with Crippen molar-refractivity contribution in [2.24, 2.45) is 0 Å². The topological polar surface area (TPSA) is 58.3 Å². The molecule has 0 aliphatic carbocycles. The van der Waals surface area contributed by atoms with Crippen LogP contribution in [0.3, 0.4) is 0 Å². The molecule has 0 aliphatic rings. The average Bonchev–Trinajstić information content (AvgIpc) is 2.63. The van der Waals surface area contributed by atoms with Crippen molar-refractivity contribution >= 4 is 11.4 Å². The van der Waals surface area contributed by atoms with Crippen molar-refractivity contribution in [3.63, 3.8) is 0 Å². The number of hydrogen-bond acceptors (Lipinski definition) is 3. The maximum Gasteiger partial charge on any atom is 0.146 e. The second-order valence-corrected chi connectivity index (χ2v) is 5.53. The monoisotopic (exact) mass is 332 g/mol. The maximum atomic E-state index is 10.4. The van der Waals surface area contributed by atoms with E-state index >= 15 is 0 Å². The zero-order valence-electron chi connectivity index (χ0n) is 14.7. The molecule has 25 heavy (non-hydrogen) atoms. The van der Waals surface area contributed by atoms with Crippen molar-refractivity contribution in [3.05, 3.63) is 79.4 Å². The minimum absolute atomic E-state index is 0.253. The lowest BCUT2D eigenvalue weighted by Crippen LogP contribution is -1.91. The molecular formula is C22H24N2O. The van der Waals surface area contributed by atoms with Crippen LogP contribution >= 0.6 is 0 Å². The number of phenolic OH excluding ortho intramolecular Hbond substituents is 1. The van der Waals surface area contributed by atoms with Crippen LogP contribution in [0.15, 0.2) is 79.4 Å². The summed E-state index contributed by atoms with van der Waals surface area (Å²) < 4.78 is 0. The highest BCUT2D eigenvalue weighted by atomic mass is 16.3. The second kappa shape index (κ2) is 8.60. The van der Waals surface area contributed by atoms with Crippen molar-refractivity contribution in [2.75, 3.05) is 18.1 Å². The number of aromatic hydroxyl groups is 1. The zero-order valence-corrected chi connectivity index (χ0v) is 14.7. The van der Waals surface area contributed by atoms with Crippen molar-refractivity contribution < 1.29 is 5.11 Å². The third-order valence-corrected chi connectivity index (χ3v) is 3.75. The number of anilines is 2. The summed E-state index contributed by atoms with van der Waals surface area (Å²) in [5.74, 6) is 0.253. The van der Waals surface area contributed by atoms with E-state index in [1.807, 2.05) is 73.7 Å². The summed E-state index contributed by atoms with van der Waals surface area (Å²) in [6, 6.07) is 21.5. The Morgan fingerprint density at radius 2 is 1.48 bits per heavy atom. The predicted molar refractivity (Wildman–Crippen MR) is 109 cm³/mol. The van der Waals surface area contributed by atoms with Crippen molar-refractivity contribution in [1.29, 1.82) is 0 Å². The number of nitrogens with one attached hydrogen (secondary N) is 1. The molecule has 0 radical (unpaired) electrons. The van der Waals surface area contributed by atoms with Gasteiger partial charge in [0.2, 0.25) is 0 Å². The SMILES string of the molecule is C=CC.CNc1cccc(-c2cccc(-c3ccccc3N)c2)c1O. The molecule has 0 heterocycles. The van der Waals surface area contributed by atoms with Gasteiger partial charge in [-0.15, -0.1) is 6.58 Å². The second-order valence-electron chi connectivity index (χ2n) is 5.53. The fraction of sp³-hybridized carbons (Fsp3) is 0.0909. The fourth-order valence-electron chi connectivity index (χ4n) is 2.59. The summed E-state index contributed by atoms with van der Waals surface area (Å²) >= 11 is 0. The predicted octanol–water partition coefficient (Wildman–Crippen LogP) is 5.54. The van der Waals surface area contributed by atoms with Gasteiger partial charge in [0.1, 0.15) is 5.75 Å². The molecule has 3 aromatic rings. The number of para-hydroxylation sites is 2. The van der Waals surface area contributed by atoms with E-state index < -0.39 is 0 Å². The van der Waals surface area contributed by atoms with Gasteiger partial charge in [0.05, 0.1) is 5.69 Å². The van der Waals surface area contributed by atoms with E-state index in [-0.39, 0.29) is 5.75 Å². The highest BCUT2D eigenvalue weighted by Crippen LogP contribution is 2.37. The first kappa shape index (κ1) is 18.1. The number of allylic oxidation sites excluding steroid dienone is 1. The highest BCUT2D eigenvalue weighted by Gasteiger charge is 2.09. The van der Waals surface area contributed by atoms with Gasteiger partial charge in [-0.05, 0) is 36.2 Å². The molecule has 4 N–H and O–H groups in total. The van der Waals surface area contributed by atoms with Gasteiger partial charge in [-0.25, -0.2) is 0 Å². The normalized spacial score (nSPS) is 9.68. The smallest absolute Gasteiger partial charge is 0.146 e. The molecular weight excluding hydrogens is 308 g/mol. The van der Waals surface area contributed by atoms with Crippen LogP contribution in [0, 0.1) is 0 Å². The first-order chi connectivity index (χ1) is 12.1. The van der Waals surface area contributed by atoms with Crippen molar-refractivity contribution in [2.45, 2.75) is 6.92 Å². The fourth-order valence-corrected chi connectivity index (χ4v) is 2.59. The summed E-state index contributed by atoms with van der Waals surface area (Å²) in [5, 5.41) is 13.4. The van der Waals surface area contributed by atoms with Gasteiger partial charge in [0.15, 0.2) is 0 Å². The molecule has 3 rings (SSSR count). The van der Waals surface area contributed by atoms with Crippen molar-refractivity contribution in [3.8, 4) is 28.0 Å². The number of rotatable bonds is 3. The molecule has 0 aromatic heterocycles. The van der Waals surface area contributed by atoms with Crippen LogP contribution < -0.4 is 11.1 Å². The van der Waals surface area contributed by atoms with Crippen LogP contribution in [-0.2, 0) is 0 Å². The molecule has 0 spiro atoms. The van der Waals surface area contributed by atoms with E-state index in [1.165, 1.54) is 0 Å². The molecule has 0 saturated heterocycles. The lowest BCUT2D eigenvalue weighted by atomic mass is 9.97. The number of phenols is 1. The average molecular weight is 332 g/mol. The Balaban J connectivity index is 0.000000701. The number of nitrogen functional groups attached to an aromatic ring is 1. The zero-order chi connectivity index (χ0) is 18.2. The van der Waals surface area contributed by atoms with Gasteiger partial charge in [-0.3, -0.25) is 0 Å². The Kier molecular flexibility index (Phi) is 6.24. The van der Waals surface area contributed by atoms with Crippen LogP contribution in [0.2, 0.25) is 0 Å². The Hall–Kier alpha value is -3.20. The molecule has 0 aliphatic heterocycles. The Labute approximate surface area is 149 Å². The number of benzene rings is 3. The van der Waals surface area contributed by atoms with Crippen LogP contribution in [0.4, 0.5) is 11.4 Å². The third-order valence-electron chi connectivity index (χ3n) is 3.75. The van der Waals surface area contributed by atoms with E-state index in [0.29, 0.717) is 5.69 Å². The first-order valence-electron chi connectivity index (χ1n) is 8.14. The lowest BCUT2D eigenvalue weighted by Gasteiger charge is -2.11. The largest absolute Gasteiger partial charge is 0.505 e. The van der Waals surface area contributed by atoms with Crippen LogP contribution in [0.25, 0.3) is 22.3 Å². The minimum Gasteiger partial charge on any atom is -0.505 e. The molecule has 0 saturated carbocycles. The van der Waals surface area contributed by atoms with E-state index in [1.54, 1.807) is 13.1 Å². The molecule has 3 heteroatoms. The summed E-state index contributed by atoms with van der Waals surface area (Å²) in [7, 11) is 1.79. The molecule has 0 amide bonds. The molecule has 128 valence electrons. The summed E-state index contributed by atoms with van der Waals surface area (Å²) in [4.78, 5) is 0. The van der Waals surface area contributed by atoms with Gasteiger partial charge in [0, 0.05) is 23.9 Å². The summed E-state index contributed by atoms with van der Waals surface area (Å²) in [6.07, 6.45) is 1.75. The van der Waals surface area contributed by atoms with Gasteiger partial charge >= 0.3 is 0 Å². The van der Waals surface area contributed by atoms with Gasteiger partial charge < -0.3 is 16.2 Å². The highest BCUT2D eigenvalue weighted by molar-refractivity contribution is 5.83. The minimum atomic E-state index is 0.253. The van der Waals surface area contributed by atoms with E-state index in [0.717, 1.165) is 27.9 Å². The molecule has 3 aromatic carbocycles. The molecule has 0 bridgehead atoms. The summed E-state index contributed by atoms with van der Waals surface area (Å²) in [5.41, 5.74) is 11.3. The van der Waals surface area contributed by atoms with E-state index in [4.69, 9.17) is 5.73 Å².